The molecule has 212 valence electrons. The standard InChI is InChI=1S/C28H41IN2O7/c1-5-6-7-8-10-31(25(34)12-18(2)3)22-15-20(28(36)30-9-11-32)16-23(26(22)35)38-27-21(29)13-19(17-33)14-24(27)37-4/h12-14,16,22-23,26,32-33,35H,5-11,15,17H2,1-4H3,(H,30,36)/t22-,23+,26+/m1/s1. The van der Waals surface area contributed by atoms with Gasteiger partial charge in [0.05, 0.1) is 29.9 Å². The van der Waals surface area contributed by atoms with Gasteiger partial charge >= 0.3 is 0 Å². The molecule has 0 saturated carbocycles. The molecule has 2 amide bonds. The Morgan fingerprint density at radius 1 is 1.21 bits per heavy atom. The maximum absolute atomic E-state index is 13.3. The first-order valence-corrected chi connectivity index (χ1v) is 14.1. The zero-order chi connectivity index (χ0) is 28.2. The van der Waals surface area contributed by atoms with Gasteiger partial charge in [-0.3, -0.25) is 9.59 Å². The van der Waals surface area contributed by atoms with Crippen molar-refractivity contribution >= 4 is 34.4 Å². The molecular weight excluding hydrogens is 603 g/mol. The molecule has 0 saturated heterocycles. The minimum absolute atomic E-state index is 0.0840. The number of amides is 2. The Kier molecular flexibility index (Phi) is 13.6. The van der Waals surface area contributed by atoms with E-state index in [4.69, 9.17) is 9.47 Å². The average molecular weight is 645 g/mol. The number of unbranched alkanes of at least 4 members (excludes halogenated alkanes) is 3. The number of benzene rings is 1. The molecule has 0 fully saturated rings. The van der Waals surface area contributed by atoms with Gasteiger partial charge in [-0.25, -0.2) is 0 Å². The summed E-state index contributed by atoms with van der Waals surface area (Å²) >= 11 is 2.07. The summed E-state index contributed by atoms with van der Waals surface area (Å²) < 4.78 is 12.4. The molecule has 2 rings (SSSR count). The minimum Gasteiger partial charge on any atom is -0.493 e. The van der Waals surface area contributed by atoms with Crippen molar-refractivity contribution in [3.63, 3.8) is 0 Å². The monoisotopic (exact) mass is 644 g/mol. The number of aliphatic hydroxyl groups is 3. The van der Waals surface area contributed by atoms with Crippen molar-refractivity contribution in [1.29, 1.82) is 0 Å². The van der Waals surface area contributed by atoms with E-state index in [1.807, 2.05) is 13.8 Å². The van der Waals surface area contributed by atoms with Gasteiger partial charge in [0.2, 0.25) is 11.8 Å². The molecule has 1 aromatic carbocycles. The number of aliphatic hydroxyl groups excluding tert-OH is 3. The number of nitrogens with one attached hydrogen (secondary N) is 1. The third-order valence-electron chi connectivity index (χ3n) is 6.29. The Morgan fingerprint density at radius 2 is 1.95 bits per heavy atom. The van der Waals surface area contributed by atoms with Crippen LogP contribution in [0.25, 0.3) is 0 Å². The van der Waals surface area contributed by atoms with Crippen LogP contribution in [0.5, 0.6) is 11.5 Å². The van der Waals surface area contributed by atoms with E-state index < -0.39 is 18.2 Å². The molecule has 1 aliphatic rings. The molecule has 9 nitrogen and oxygen atoms in total. The predicted octanol–water partition coefficient (Wildman–Crippen LogP) is 3.08. The molecule has 3 atom stereocenters. The van der Waals surface area contributed by atoms with Crippen molar-refractivity contribution in [1.82, 2.24) is 10.2 Å². The summed E-state index contributed by atoms with van der Waals surface area (Å²) in [6.45, 7) is 5.94. The van der Waals surface area contributed by atoms with E-state index in [1.165, 1.54) is 7.11 Å². The third-order valence-corrected chi connectivity index (χ3v) is 7.09. The lowest BCUT2D eigenvalue weighted by Gasteiger charge is -2.40. The molecule has 1 aromatic rings. The topological polar surface area (TPSA) is 129 Å². The Hall–Kier alpha value is -2.15. The fourth-order valence-electron chi connectivity index (χ4n) is 4.37. The molecule has 0 unspecified atom stereocenters. The summed E-state index contributed by atoms with van der Waals surface area (Å²) in [6.07, 6.45) is 5.01. The summed E-state index contributed by atoms with van der Waals surface area (Å²) in [4.78, 5) is 27.9. The van der Waals surface area contributed by atoms with Crippen LogP contribution < -0.4 is 14.8 Å². The Labute approximate surface area is 239 Å². The van der Waals surface area contributed by atoms with Crippen LogP contribution in [0, 0.1) is 3.57 Å². The van der Waals surface area contributed by atoms with Gasteiger partial charge in [0.25, 0.3) is 0 Å². The normalized spacial score (nSPS) is 18.8. The van der Waals surface area contributed by atoms with Gasteiger partial charge in [-0.15, -0.1) is 0 Å². The van der Waals surface area contributed by atoms with Crippen molar-refractivity contribution in [2.75, 3.05) is 26.8 Å². The van der Waals surface area contributed by atoms with Gasteiger partial charge < -0.3 is 35.0 Å². The van der Waals surface area contributed by atoms with Crippen LogP contribution in [0.1, 0.15) is 58.4 Å². The van der Waals surface area contributed by atoms with Crippen molar-refractivity contribution < 1.29 is 34.4 Å². The van der Waals surface area contributed by atoms with Crippen LogP contribution in [0.4, 0.5) is 0 Å². The second-order valence-corrected chi connectivity index (χ2v) is 10.8. The van der Waals surface area contributed by atoms with E-state index >= 15 is 0 Å². The van der Waals surface area contributed by atoms with Crippen molar-refractivity contribution in [3.05, 3.63) is 44.6 Å². The Balaban J connectivity index is 2.49. The van der Waals surface area contributed by atoms with E-state index in [-0.39, 0.29) is 38.0 Å². The van der Waals surface area contributed by atoms with Gasteiger partial charge in [0.1, 0.15) is 12.2 Å². The SMILES string of the molecule is CCCCCCN(C(=O)C=C(C)C)[C@@H]1CC(C(=O)NCCO)=C[C@H](Oc2c(I)cc(CO)cc2OC)[C@H]1O. The van der Waals surface area contributed by atoms with Crippen LogP contribution in [0.3, 0.4) is 0 Å². The van der Waals surface area contributed by atoms with Crippen molar-refractivity contribution in [3.8, 4) is 11.5 Å². The van der Waals surface area contributed by atoms with E-state index in [9.17, 15) is 24.9 Å². The van der Waals surface area contributed by atoms with Gasteiger partial charge in [0, 0.05) is 31.2 Å². The van der Waals surface area contributed by atoms with Crippen LogP contribution in [-0.2, 0) is 16.2 Å². The molecular formula is C28H41IN2O7. The van der Waals surface area contributed by atoms with Gasteiger partial charge in [-0.2, -0.15) is 0 Å². The lowest BCUT2D eigenvalue weighted by molar-refractivity contribution is -0.133. The van der Waals surface area contributed by atoms with E-state index in [0.717, 1.165) is 31.3 Å². The second kappa shape index (κ2) is 16.1. The maximum Gasteiger partial charge on any atom is 0.247 e. The first-order chi connectivity index (χ1) is 18.2. The molecule has 0 spiro atoms. The van der Waals surface area contributed by atoms with Crippen LogP contribution in [0.15, 0.2) is 35.4 Å². The van der Waals surface area contributed by atoms with Gasteiger partial charge in [-0.1, -0.05) is 31.8 Å². The lowest BCUT2D eigenvalue weighted by Crippen LogP contribution is -2.55. The zero-order valence-electron chi connectivity index (χ0n) is 22.7. The number of hydrogen-bond donors (Lipinski definition) is 4. The second-order valence-electron chi connectivity index (χ2n) is 9.60. The number of carbonyl (C=O) groups excluding carboxylic acids is 2. The Morgan fingerprint density at radius 3 is 2.55 bits per heavy atom. The summed E-state index contributed by atoms with van der Waals surface area (Å²) in [5.41, 5.74) is 1.85. The summed E-state index contributed by atoms with van der Waals surface area (Å²) in [6, 6.07) is 2.70. The van der Waals surface area contributed by atoms with Crippen LogP contribution >= 0.6 is 22.6 Å². The summed E-state index contributed by atoms with van der Waals surface area (Å²) in [5.74, 6) is 0.140. The lowest BCUT2D eigenvalue weighted by atomic mass is 9.87. The molecule has 0 aliphatic heterocycles. The van der Waals surface area contributed by atoms with Crippen molar-refractivity contribution in [2.45, 2.75) is 77.7 Å². The van der Waals surface area contributed by atoms with Gasteiger partial charge in [-0.05, 0) is 66.6 Å². The smallest absolute Gasteiger partial charge is 0.247 e. The number of methoxy groups -OCH3 is 1. The molecule has 0 heterocycles. The number of halogens is 1. The highest BCUT2D eigenvalue weighted by Crippen LogP contribution is 2.37. The Bertz CT molecular complexity index is 1010. The van der Waals surface area contributed by atoms with E-state index in [2.05, 4.69) is 34.8 Å². The highest BCUT2D eigenvalue weighted by Gasteiger charge is 2.40. The fourth-order valence-corrected chi connectivity index (χ4v) is 5.17. The number of allylic oxidation sites excluding steroid dienone is 1. The number of rotatable bonds is 14. The molecule has 10 heteroatoms. The number of carbonyl (C=O) groups is 2. The van der Waals surface area contributed by atoms with Crippen LogP contribution in [0.2, 0.25) is 0 Å². The predicted molar refractivity (Wildman–Crippen MR) is 154 cm³/mol. The average Bonchev–Trinajstić information content (AvgIpc) is 2.88. The number of hydrogen-bond acceptors (Lipinski definition) is 7. The largest absolute Gasteiger partial charge is 0.493 e. The third kappa shape index (κ3) is 8.96. The molecule has 0 aromatic heterocycles. The number of nitrogens with zero attached hydrogens (tertiary/aromatic N) is 1. The maximum atomic E-state index is 13.3. The molecule has 38 heavy (non-hydrogen) atoms. The first-order valence-electron chi connectivity index (χ1n) is 13.0. The van der Waals surface area contributed by atoms with Crippen molar-refractivity contribution in [2.24, 2.45) is 0 Å². The zero-order valence-corrected chi connectivity index (χ0v) is 24.9. The van der Waals surface area contributed by atoms with E-state index in [0.29, 0.717) is 32.8 Å². The highest BCUT2D eigenvalue weighted by atomic mass is 127. The fraction of sp³-hybridized carbons (Fsp3) is 0.571. The molecule has 1 aliphatic carbocycles. The van der Waals surface area contributed by atoms with E-state index in [1.54, 1.807) is 29.2 Å². The quantitative estimate of drug-likeness (QED) is 0.139. The number of ether oxygens (including phenoxy) is 2. The highest BCUT2D eigenvalue weighted by molar-refractivity contribution is 14.1. The molecule has 4 N–H and O–H groups in total. The summed E-state index contributed by atoms with van der Waals surface area (Å²) in [7, 11) is 1.49. The first kappa shape index (κ1) is 32.1. The summed E-state index contributed by atoms with van der Waals surface area (Å²) in [5, 5.41) is 32.9. The van der Waals surface area contributed by atoms with Gasteiger partial charge in [0.15, 0.2) is 11.5 Å². The minimum atomic E-state index is -1.12. The molecule has 0 radical (unpaired) electrons. The van der Waals surface area contributed by atoms with Crippen LogP contribution in [-0.4, -0.2) is 77.1 Å². The molecule has 0 bridgehead atoms.